The predicted molar refractivity (Wildman–Crippen MR) is 153 cm³/mol. The molecule has 0 saturated heterocycles. The number of nitrogen functional groups attached to an aromatic ring is 1. The summed E-state index contributed by atoms with van der Waals surface area (Å²) in [6.07, 6.45) is -2.14. The van der Waals surface area contributed by atoms with Crippen LogP contribution in [-0.2, 0) is 25.7 Å². The normalized spacial score (nSPS) is 12.4. The van der Waals surface area contributed by atoms with Gasteiger partial charge in [0.2, 0.25) is 11.9 Å². The predicted octanol–water partition coefficient (Wildman–Crippen LogP) is 1.19. The number of hydrogen-bond acceptors (Lipinski definition) is 9. The largest absolute Gasteiger partial charge is 0.481 e. The van der Waals surface area contributed by atoms with Crippen LogP contribution in [0.15, 0.2) is 47.3 Å². The number of amides is 2. The lowest BCUT2D eigenvalue weighted by Gasteiger charge is -2.38. The van der Waals surface area contributed by atoms with Crippen LogP contribution in [0.2, 0.25) is 0 Å². The minimum atomic E-state index is -1.65. The highest BCUT2D eigenvalue weighted by Gasteiger charge is 2.35. The van der Waals surface area contributed by atoms with Gasteiger partial charge in [0.25, 0.3) is 11.5 Å². The van der Waals surface area contributed by atoms with Crippen molar-refractivity contribution in [1.29, 1.82) is 0 Å². The summed E-state index contributed by atoms with van der Waals surface area (Å²) in [5, 5.41) is 33.4. The fourth-order valence-corrected chi connectivity index (χ4v) is 4.51. The van der Waals surface area contributed by atoms with Gasteiger partial charge in [-0.1, -0.05) is 25.1 Å². The maximum Gasteiger partial charge on any atom is 0.328 e. The Balaban J connectivity index is 1.90. The van der Waals surface area contributed by atoms with Gasteiger partial charge in [-0.3, -0.25) is 29.2 Å². The summed E-state index contributed by atoms with van der Waals surface area (Å²) < 4.78 is 14.0. The number of rotatable bonds is 15. The average Bonchev–Trinajstić information content (AvgIpc) is 2.96. The van der Waals surface area contributed by atoms with Crippen LogP contribution >= 0.6 is 0 Å². The van der Waals surface area contributed by atoms with Crippen LogP contribution in [0.4, 0.5) is 10.3 Å². The molecular weight excluding hydrogens is 583 g/mol. The lowest BCUT2D eigenvalue weighted by Crippen LogP contribution is -2.55. The van der Waals surface area contributed by atoms with E-state index in [1.54, 1.807) is 13.0 Å². The first kappa shape index (κ1) is 33.1. The standard InChI is InChI=1S/C28H31FN6O9/c1-2-34(14-15-7-8-19-17(13-15)25(40)33-28(30)32-19)35(21(27(43)44)10-12-23(37)38)22(36)11-9-20(26(41)42)31-24(39)16-5-3-4-6-18(16)29/h3-8,13,20-21H,2,9-12,14H2,1H3,(H,31,39)(H,37,38)(H,41,42)(H,43,44)(H3,30,32,33,40)/t20-,21+/m0/s1. The Kier molecular flexibility index (Phi) is 11.1. The molecule has 2 amide bonds. The number of nitrogens with zero attached hydrogens (tertiary/aromatic N) is 3. The van der Waals surface area contributed by atoms with Crippen LogP contribution in [0.3, 0.4) is 0 Å². The number of fused-ring (bicyclic) bond motifs is 1. The van der Waals surface area contributed by atoms with Gasteiger partial charge in [0.05, 0.1) is 16.5 Å². The number of benzene rings is 2. The fourth-order valence-electron chi connectivity index (χ4n) is 4.51. The van der Waals surface area contributed by atoms with Gasteiger partial charge >= 0.3 is 17.9 Å². The van der Waals surface area contributed by atoms with Crippen molar-refractivity contribution in [3.05, 3.63) is 69.8 Å². The Morgan fingerprint density at radius 3 is 2.34 bits per heavy atom. The minimum absolute atomic E-state index is 0.0450. The number of hydrazine groups is 1. The second kappa shape index (κ2) is 14.7. The number of hydrogen-bond donors (Lipinski definition) is 6. The number of aromatic amines is 1. The van der Waals surface area contributed by atoms with Crippen molar-refractivity contribution in [2.24, 2.45) is 0 Å². The van der Waals surface area contributed by atoms with Gasteiger partial charge in [0.1, 0.15) is 17.9 Å². The molecule has 0 aliphatic rings. The van der Waals surface area contributed by atoms with Crippen LogP contribution < -0.4 is 16.6 Å². The molecule has 0 radical (unpaired) electrons. The Labute approximate surface area is 249 Å². The number of aliphatic carboxylic acids is 3. The molecule has 234 valence electrons. The number of carboxylic acid groups (broad SMARTS) is 3. The number of nitrogens with two attached hydrogens (primary N) is 1. The molecule has 3 aromatic rings. The SMILES string of the molecule is CCN(Cc1ccc2nc(N)[nH]c(=O)c2c1)N(C(=O)CC[C@H](NC(=O)c1ccccc1F)C(=O)O)[C@H](CCC(=O)O)C(=O)O. The third-order valence-corrected chi connectivity index (χ3v) is 6.66. The first-order valence-corrected chi connectivity index (χ1v) is 13.4. The number of carboxylic acids is 3. The number of halogens is 1. The molecule has 16 heteroatoms. The van der Waals surface area contributed by atoms with Gasteiger partial charge in [-0.2, -0.15) is 0 Å². The zero-order valence-electron chi connectivity index (χ0n) is 23.5. The third-order valence-electron chi connectivity index (χ3n) is 6.66. The van der Waals surface area contributed by atoms with E-state index in [2.05, 4.69) is 15.3 Å². The highest BCUT2D eigenvalue weighted by atomic mass is 19.1. The molecule has 2 atom stereocenters. The van der Waals surface area contributed by atoms with Gasteiger partial charge in [0.15, 0.2) is 0 Å². The molecule has 0 aliphatic heterocycles. The maximum atomic E-state index is 14.0. The van der Waals surface area contributed by atoms with E-state index in [1.807, 2.05) is 0 Å². The molecule has 0 saturated carbocycles. The van der Waals surface area contributed by atoms with E-state index in [1.165, 1.54) is 29.3 Å². The molecule has 44 heavy (non-hydrogen) atoms. The van der Waals surface area contributed by atoms with Crippen molar-refractivity contribution < 1.29 is 43.7 Å². The van der Waals surface area contributed by atoms with Gasteiger partial charge in [-0.15, -0.1) is 0 Å². The Hall–Kier alpha value is -5.38. The Bertz CT molecular complexity index is 1630. The quantitative estimate of drug-likeness (QED) is 0.132. The highest BCUT2D eigenvalue weighted by Crippen LogP contribution is 2.20. The van der Waals surface area contributed by atoms with E-state index in [9.17, 15) is 48.5 Å². The van der Waals surface area contributed by atoms with E-state index >= 15 is 0 Å². The number of H-pyrrole nitrogens is 1. The Morgan fingerprint density at radius 1 is 1.02 bits per heavy atom. The van der Waals surface area contributed by atoms with Crippen LogP contribution in [0.25, 0.3) is 10.9 Å². The summed E-state index contributed by atoms with van der Waals surface area (Å²) in [7, 11) is 0. The van der Waals surface area contributed by atoms with Crippen molar-refractivity contribution >= 4 is 46.6 Å². The lowest BCUT2D eigenvalue weighted by atomic mass is 10.1. The lowest BCUT2D eigenvalue weighted by molar-refractivity contribution is -0.171. The van der Waals surface area contributed by atoms with Crippen molar-refractivity contribution in [2.75, 3.05) is 12.3 Å². The van der Waals surface area contributed by atoms with Gasteiger partial charge < -0.3 is 26.4 Å². The molecule has 0 aliphatic carbocycles. The molecule has 1 heterocycles. The zero-order chi connectivity index (χ0) is 32.6. The zero-order valence-corrected chi connectivity index (χ0v) is 23.5. The summed E-state index contributed by atoms with van der Waals surface area (Å²) in [6, 6.07) is 6.20. The van der Waals surface area contributed by atoms with Crippen molar-refractivity contribution in [1.82, 2.24) is 25.3 Å². The van der Waals surface area contributed by atoms with E-state index < -0.39 is 84.4 Å². The summed E-state index contributed by atoms with van der Waals surface area (Å²) in [6.45, 7) is 1.55. The third kappa shape index (κ3) is 8.34. The van der Waals surface area contributed by atoms with E-state index in [0.717, 1.165) is 17.1 Å². The van der Waals surface area contributed by atoms with E-state index in [-0.39, 0.29) is 24.4 Å². The van der Waals surface area contributed by atoms with Gasteiger partial charge in [0, 0.05) is 25.9 Å². The monoisotopic (exact) mass is 614 g/mol. The second-order valence-electron chi connectivity index (χ2n) is 9.69. The smallest absolute Gasteiger partial charge is 0.328 e. The Morgan fingerprint density at radius 2 is 1.73 bits per heavy atom. The maximum absolute atomic E-state index is 14.0. The number of nitrogens with one attached hydrogen (secondary N) is 2. The molecule has 7 N–H and O–H groups in total. The first-order valence-electron chi connectivity index (χ1n) is 13.4. The highest BCUT2D eigenvalue weighted by molar-refractivity contribution is 5.97. The molecule has 2 aromatic carbocycles. The molecule has 0 bridgehead atoms. The van der Waals surface area contributed by atoms with E-state index in [4.69, 9.17) is 5.73 Å². The summed E-state index contributed by atoms with van der Waals surface area (Å²) in [4.78, 5) is 80.4. The number of carbonyl (C=O) groups excluding carboxylic acids is 2. The van der Waals surface area contributed by atoms with Gasteiger partial charge in [-0.25, -0.2) is 24.0 Å². The van der Waals surface area contributed by atoms with Crippen LogP contribution in [0.1, 0.15) is 48.5 Å². The van der Waals surface area contributed by atoms with Crippen LogP contribution in [-0.4, -0.2) is 83.7 Å². The molecule has 3 rings (SSSR count). The molecule has 15 nitrogen and oxygen atoms in total. The summed E-state index contributed by atoms with van der Waals surface area (Å²) in [5.41, 5.74) is 5.43. The number of anilines is 1. The van der Waals surface area contributed by atoms with Gasteiger partial charge in [-0.05, 0) is 42.7 Å². The summed E-state index contributed by atoms with van der Waals surface area (Å²) in [5.74, 6) is -7.18. The second-order valence-corrected chi connectivity index (χ2v) is 9.69. The molecule has 0 fully saturated rings. The number of aromatic nitrogens is 2. The average molecular weight is 615 g/mol. The van der Waals surface area contributed by atoms with Crippen molar-refractivity contribution in [3.63, 3.8) is 0 Å². The van der Waals surface area contributed by atoms with Crippen molar-refractivity contribution in [3.8, 4) is 0 Å². The van der Waals surface area contributed by atoms with E-state index in [0.29, 0.717) is 11.1 Å². The van der Waals surface area contributed by atoms with Crippen LogP contribution in [0, 0.1) is 5.82 Å². The fraction of sp³-hybridized carbons (Fsp3) is 0.321. The summed E-state index contributed by atoms with van der Waals surface area (Å²) >= 11 is 0. The van der Waals surface area contributed by atoms with Crippen LogP contribution in [0.5, 0.6) is 0 Å². The topological polar surface area (TPSA) is 236 Å². The van der Waals surface area contributed by atoms with Crippen molar-refractivity contribution in [2.45, 2.75) is 51.2 Å². The number of carbonyl (C=O) groups is 5. The molecule has 0 spiro atoms. The minimum Gasteiger partial charge on any atom is -0.481 e. The molecular formula is C28H31FN6O9. The molecule has 1 aromatic heterocycles. The first-order chi connectivity index (χ1) is 20.8. The molecule has 0 unspecified atom stereocenters.